The molecule has 4 heteroatoms. The van der Waals surface area contributed by atoms with Gasteiger partial charge in [-0.25, -0.2) is 4.98 Å². The molecule has 1 amide bonds. The summed E-state index contributed by atoms with van der Waals surface area (Å²) < 4.78 is 0. The van der Waals surface area contributed by atoms with Gasteiger partial charge in [-0.2, -0.15) is 0 Å². The predicted molar refractivity (Wildman–Crippen MR) is 67.8 cm³/mol. The zero-order valence-electron chi connectivity index (χ0n) is 9.97. The monoisotopic (exact) mass is 231 g/mol. The van der Waals surface area contributed by atoms with Crippen molar-refractivity contribution in [3.05, 3.63) is 36.5 Å². The number of nitrogens with one attached hydrogen (secondary N) is 1. The summed E-state index contributed by atoms with van der Waals surface area (Å²) >= 11 is 0. The van der Waals surface area contributed by atoms with E-state index in [1.54, 1.807) is 18.3 Å². The molecule has 1 aliphatic rings. The number of carbonyl (C=O) groups is 1. The summed E-state index contributed by atoms with van der Waals surface area (Å²) in [6.45, 7) is 3.62. The molecule has 1 atom stereocenters. The average Bonchev–Trinajstić information content (AvgIpc) is 2.79. The van der Waals surface area contributed by atoms with Gasteiger partial charge in [0.25, 0.3) is 0 Å². The van der Waals surface area contributed by atoms with Crippen LogP contribution in [0.3, 0.4) is 0 Å². The Morgan fingerprint density at radius 3 is 3.18 bits per heavy atom. The molecule has 0 saturated carbocycles. The zero-order valence-corrected chi connectivity index (χ0v) is 9.97. The Morgan fingerprint density at radius 1 is 1.59 bits per heavy atom. The van der Waals surface area contributed by atoms with Gasteiger partial charge in [-0.3, -0.25) is 4.79 Å². The molecule has 90 valence electrons. The molecule has 17 heavy (non-hydrogen) atoms. The molecule has 0 bridgehead atoms. The quantitative estimate of drug-likeness (QED) is 0.799. The number of allylic oxidation sites excluding steroid dienone is 1. The van der Waals surface area contributed by atoms with E-state index >= 15 is 0 Å². The number of aromatic nitrogens is 1. The molecule has 1 saturated heterocycles. The number of anilines is 1. The fourth-order valence-electron chi connectivity index (χ4n) is 2.03. The van der Waals surface area contributed by atoms with Crippen molar-refractivity contribution in [2.24, 2.45) is 0 Å². The number of amides is 1. The first-order valence-corrected chi connectivity index (χ1v) is 5.89. The summed E-state index contributed by atoms with van der Waals surface area (Å²) in [5.41, 5.74) is 0. The van der Waals surface area contributed by atoms with E-state index < -0.39 is 0 Å². The second kappa shape index (κ2) is 5.48. The minimum absolute atomic E-state index is 0.0135. The first-order chi connectivity index (χ1) is 8.29. The van der Waals surface area contributed by atoms with Crippen LogP contribution in [0.5, 0.6) is 0 Å². The topological polar surface area (TPSA) is 45.2 Å². The largest absolute Gasteiger partial charge is 0.354 e. The van der Waals surface area contributed by atoms with Crippen LogP contribution < -0.4 is 10.2 Å². The highest BCUT2D eigenvalue weighted by molar-refractivity contribution is 5.87. The van der Waals surface area contributed by atoms with Crippen LogP contribution in [0.1, 0.15) is 13.3 Å². The molecule has 1 unspecified atom stereocenters. The van der Waals surface area contributed by atoms with E-state index in [0.717, 1.165) is 25.3 Å². The van der Waals surface area contributed by atoms with Gasteiger partial charge in [0.1, 0.15) is 5.82 Å². The molecular formula is C13H17N3O. The van der Waals surface area contributed by atoms with E-state index in [-0.39, 0.29) is 11.9 Å². The SMILES string of the molecule is C/C=C/C(=O)NC1CCN(c2ccccn2)C1. The average molecular weight is 231 g/mol. The van der Waals surface area contributed by atoms with Crippen LogP contribution in [0.15, 0.2) is 36.5 Å². The van der Waals surface area contributed by atoms with Gasteiger partial charge in [-0.15, -0.1) is 0 Å². The predicted octanol–water partition coefficient (Wildman–Crippen LogP) is 1.35. The Hall–Kier alpha value is -1.84. The van der Waals surface area contributed by atoms with Crippen molar-refractivity contribution in [1.82, 2.24) is 10.3 Å². The van der Waals surface area contributed by atoms with Gasteiger partial charge in [0.2, 0.25) is 5.91 Å². The van der Waals surface area contributed by atoms with Crippen molar-refractivity contribution in [1.29, 1.82) is 0 Å². The number of hydrogen-bond acceptors (Lipinski definition) is 3. The van der Waals surface area contributed by atoms with Crippen molar-refractivity contribution in [3.8, 4) is 0 Å². The molecule has 4 nitrogen and oxygen atoms in total. The Morgan fingerprint density at radius 2 is 2.47 bits per heavy atom. The lowest BCUT2D eigenvalue weighted by Gasteiger charge is -2.17. The van der Waals surface area contributed by atoms with Crippen LogP contribution >= 0.6 is 0 Å². The van der Waals surface area contributed by atoms with E-state index in [2.05, 4.69) is 15.2 Å². The van der Waals surface area contributed by atoms with E-state index in [1.807, 2.05) is 25.1 Å². The first kappa shape index (κ1) is 11.6. The number of rotatable bonds is 3. The maximum absolute atomic E-state index is 11.4. The van der Waals surface area contributed by atoms with Crippen LogP contribution in [0.4, 0.5) is 5.82 Å². The Labute approximate surface area is 101 Å². The fourth-order valence-corrected chi connectivity index (χ4v) is 2.03. The first-order valence-electron chi connectivity index (χ1n) is 5.89. The van der Waals surface area contributed by atoms with E-state index in [0.29, 0.717) is 0 Å². The van der Waals surface area contributed by atoms with Crippen molar-refractivity contribution >= 4 is 11.7 Å². The summed E-state index contributed by atoms with van der Waals surface area (Å²) in [6.07, 6.45) is 6.07. The van der Waals surface area contributed by atoms with Gasteiger partial charge in [0.05, 0.1) is 0 Å². The molecule has 1 aromatic rings. The molecule has 2 heterocycles. The molecule has 0 aliphatic carbocycles. The van der Waals surface area contributed by atoms with Gasteiger partial charge in [-0.1, -0.05) is 12.1 Å². The lowest BCUT2D eigenvalue weighted by Crippen LogP contribution is -2.36. The van der Waals surface area contributed by atoms with Gasteiger partial charge in [0, 0.05) is 25.3 Å². The summed E-state index contributed by atoms with van der Waals surface area (Å²) in [4.78, 5) is 17.9. The standard InChI is InChI=1S/C13H17N3O/c1-2-5-13(17)15-11-7-9-16(10-11)12-6-3-4-8-14-12/h2-6,8,11H,7,9-10H2,1H3,(H,15,17)/b5-2+. The summed E-state index contributed by atoms with van der Waals surface area (Å²) in [5.74, 6) is 0.968. The molecule has 1 fully saturated rings. The molecule has 1 aliphatic heterocycles. The van der Waals surface area contributed by atoms with E-state index in [4.69, 9.17) is 0 Å². The van der Waals surface area contributed by atoms with E-state index in [9.17, 15) is 4.79 Å². The van der Waals surface area contributed by atoms with Crippen molar-refractivity contribution in [2.45, 2.75) is 19.4 Å². The highest BCUT2D eigenvalue weighted by Crippen LogP contribution is 2.17. The summed E-state index contributed by atoms with van der Waals surface area (Å²) in [7, 11) is 0. The highest BCUT2D eigenvalue weighted by Gasteiger charge is 2.23. The number of nitrogens with zero attached hydrogens (tertiary/aromatic N) is 2. The zero-order chi connectivity index (χ0) is 12.1. The third kappa shape index (κ3) is 3.06. The molecule has 1 aromatic heterocycles. The molecule has 2 rings (SSSR count). The summed E-state index contributed by atoms with van der Waals surface area (Å²) in [5, 5.41) is 2.98. The van der Waals surface area contributed by atoms with Gasteiger partial charge in [0.15, 0.2) is 0 Å². The Balaban J connectivity index is 1.90. The second-order valence-corrected chi connectivity index (χ2v) is 4.13. The highest BCUT2D eigenvalue weighted by atomic mass is 16.1. The minimum atomic E-state index is -0.0135. The Kier molecular flexibility index (Phi) is 3.75. The van der Waals surface area contributed by atoms with Crippen molar-refractivity contribution in [2.75, 3.05) is 18.0 Å². The van der Waals surface area contributed by atoms with Crippen LogP contribution in [-0.2, 0) is 4.79 Å². The number of pyridine rings is 1. The van der Waals surface area contributed by atoms with Gasteiger partial charge >= 0.3 is 0 Å². The van der Waals surface area contributed by atoms with Crippen LogP contribution in [0.2, 0.25) is 0 Å². The van der Waals surface area contributed by atoms with Crippen LogP contribution in [0, 0.1) is 0 Å². The molecule has 1 N–H and O–H groups in total. The van der Waals surface area contributed by atoms with Crippen LogP contribution in [0.25, 0.3) is 0 Å². The lowest BCUT2D eigenvalue weighted by atomic mass is 10.2. The second-order valence-electron chi connectivity index (χ2n) is 4.13. The number of carbonyl (C=O) groups excluding carboxylic acids is 1. The smallest absolute Gasteiger partial charge is 0.243 e. The fraction of sp³-hybridized carbons (Fsp3) is 0.385. The molecular weight excluding hydrogens is 214 g/mol. The van der Waals surface area contributed by atoms with Gasteiger partial charge < -0.3 is 10.2 Å². The van der Waals surface area contributed by atoms with Crippen molar-refractivity contribution < 1.29 is 4.79 Å². The molecule has 0 radical (unpaired) electrons. The normalized spacial score (nSPS) is 19.8. The lowest BCUT2D eigenvalue weighted by molar-refractivity contribution is -0.117. The maximum Gasteiger partial charge on any atom is 0.243 e. The maximum atomic E-state index is 11.4. The summed E-state index contributed by atoms with van der Waals surface area (Å²) in [6, 6.07) is 6.11. The van der Waals surface area contributed by atoms with Crippen molar-refractivity contribution in [3.63, 3.8) is 0 Å². The van der Waals surface area contributed by atoms with E-state index in [1.165, 1.54) is 0 Å². The Bertz CT molecular complexity index is 402. The molecule has 0 spiro atoms. The molecule has 0 aromatic carbocycles. The van der Waals surface area contributed by atoms with Crippen LogP contribution in [-0.4, -0.2) is 30.0 Å². The third-order valence-corrected chi connectivity index (χ3v) is 2.83. The third-order valence-electron chi connectivity index (χ3n) is 2.83. The number of hydrogen-bond donors (Lipinski definition) is 1. The van der Waals surface area contributed by atoms with Gasteiger partial charge in [-0.05, 0) is 31.6 Å². The minimum Gasteiger partial charge on any atom is -0.354 e.